The van der Waals surface area contributed by atoms with Crippen LogP contribution in [0, 0.1) is 6.92 Å². The quantitative estimate of drug-likeness (QED) is 0.881. The van der Waals surface area contributed by atoms with Gasteiger partial charge in [-0.3, -0.25) is 14.8 Å². The molecule has 1 aromatic carbocycles. The zero-order valence-corrected chi connectivity index (χ0v) is 13.4. The average Bonchev–Trinajstić information content (AvgIpc) is 3.02. The molecule has 7 heteroatoms. The third-order valence-corrected chi connectivity index (χ3v) is 3.90. The lowest BCUT2D eigenvalue weighted by molar-refractivity contribution is -0.0370. The number of morpholine rings is 1. The maximum absolute atomic E-state index is 11.6. The number of nitrogens with zero attached hydrogens (tertiary/aromatic N) is 3. The van der Waals surface area contributed by atoms with Crippen LogP contribution < -0.4 is 5.32 Å². The highest BCUT2D eigenvalue weighted by molar-refractivity contribution is 5.93. The highest BCUT2D eigenvalue weighted by Gasteiger charge is 2.25. The average molecular weight is 315 g/mol. The molecule has 2 heterocycles. The highest BCUT2D eigenvalue weighted by atomic mass is 16.5. The van der Waals surface area contributed by atoms with Crippen LogP contribution in [0.25, 0.3) is 0 Å². The second-order valence-electron chi connectivity index (χ2n) is 5.65. The van der Waals surface area contributed by atoms with Crippen molar-refractivity contribution in [2.75, 3.05) is 26.7 Å². The fraction of sp³-hybridized carbons (Fsp3) is 0.438. The number of H-pyrrole nitrogens is 1. The zero-order valence-electron chi connectivity index (χ0n) is 13.4. The number of aryl methyl sites for hydroxylation is 1. The van der Waals surface area contributed by atoms with Crippen molar-refractivity contribution in [2.45, 2.75) is 19.6 Å². The van der Waals surface area contributed by atoms with Crippen LogP contribution in [0.4, 0.5) is 0 Å². The second kappa shape index (κ2) is 6.89. The summed E-state index contributed by atoms with van der Waals surface area (Å²) in [7, 11) is 1.63. The number of carbonyl (C=O) groups excluding carboxylic acids is 1. The lowest BCUT2D eigenvalue weighted by atomic mass is 10.1. The Kier molecular flexibility index (Phi) is 4.68. The van der Waals surface area contributed by atoms with Gasteiger partial charge < -0.3 is 10.1 Å². The molecule has 0 aliphatic carbocycles. The van der Waals surface area contributed by atoms with E-state index in [0.717, 1.165) is 25.5 Å². The fourth-order valence-electron chi connectivity index (χ4n) is 2.67. The monoisotopic (exact) mass is 315 g/mol. The predicted molar refractivity (Wildman–Crippen MR) is 84.9 cm³/mol. The molecule has 2 N–H and O–H groups in total. The molecule has 1 aliphatic rings. The summed E-state index contributed by atoms with van der Waals surface area (Å²) in [6.45, 7) is 4.99. The molecule has 122 valence electrons. The van der Waals surface area contributed by atoms with E-state index in [4.69, 9.17) is 4.74 Å². The van der Waals surface area contributed by atoms with E-state index in [9.17, 15) is 4.79 Å². The standard InChI is InChI=1S/C16H21N5O2/c1-11-18-15(20-19-11)14-10-21(7-8-23-14)9-12-3-5-13(6-4-12)16(22)17-2/h3-6,14H,7-10H2,1-2H3,(H,17,22)(H,18,19,20)/t14-/m0/s1. The maximum atomic E-state index is 11.6. The van der Waals surface area contributed by atoms with Crippen molar-refractivity contribution in [3.63, 3.8) is 0 Å². The number of benzene rings is 1. The molecule has 2 aromatic rings. The first-order chi connectivity index (χ1) is 11.2. The van der Waals surface area contributed by atoms with E-state index in [0.29, 0.717) is 18.0 Å². The number of hydrogen-bond acceptors (Lipinski definition) is 5. The molecule has 3 rings (SSSR count). The van der Waals surface area contributed by atoms with Crippen molar-refractivity contribution < 1.29 is 9.53 Å². The largest absolute Gasteiger partial charge is 0.367 e. The Labute approximate surface area is 135 Å². The van der Waals surface area contributed by atoms with E-state index in [-0.39, 0.29) is 12.0 Å². The molecule has 1 atom stereocenters. The molecule has 0 unspecified atom stereocenters. The number of ether oxygens (including phenoxy) is 1. The summed E-state index contributed by atoms with van der Waals surface area (Å²) in [5.41, 5.74) is 1.84. The smallest absolute Gasteiger partial charge is 0.251 e. The number of carbonyl (C=O) groups is 1. The summed E-state index contributed by atoms with van der Waals surface area (Å²) in [5, 5.41) is 9.67. The molecule has 7 nitrogen and oxygen atoms in total. The SMILES string of the molecule is CNC(=O)c1ccc(CN2CCO[C@H](c3n[nH]c(C)n3)C2)cc1. The van der Waals surface area contributed by atoms with E-state index in [1.54, 1.807) is 7.05 Å². The van der Waals surface area contributed by atoms with Crippen molar-refractivity contribution in [1.29, 1.82) is 0 Å². The second-order valence-corrected chi connectivity index (χ2v) is 5.65. The minimum absolute atomic E-state index is 0.0667. The third-order valence-electron chi connectivity index (χ3n) is 3.90. The molecule has 1 aromatic heterocycles. The number of amides is 1. The van der Waals surface area contributed by atoms with Gasteiger partial charge in [0.15, 0.2) is 5.82 Å². The van der Waals surface area contributed by atoms with Crippen LogP contribution in [0.5, 0.6) is 0 Å². The van der Waals surface area contributed by atoms with Crippen LogP contribution >= 0.6 is 0 Å². The van der Waals surface area contributed by atoms with Gasteiger partial charge in [-0.05, 0) is 24.6 Å². The van der Waals surface area contributed by atoms with Crippen molar-refractivity contribution in [1.82, 2.24) is 25.4 Å². The molecular formula is C16H21N5O2. The number of hydrogen-bond donors (Lipinski definition) is 2. The summed E-state index contributed by atoms with van der Waals surface area (Å²) in [6.07, 6.45) is -0.0983. The van der Waals surface area contributed by atoms with Gasteiger partial charge in [0.2, 0.25) is 0 Å². The van der Waals surface area contributed by atoms with Gasteiger partial charge in [0.25, 0.3) is 5.91 Å². The predicted octanol–water partition coefficient (Wildman–Crippen LogP) is 1.05. The van der Waals surface area contributed by atoms with Crippen molar-refractivity contribution in [2.24, 2.45) is 0 Å². The Hall–Kier alpha value is -2.25. The molecule has 1 fully saturated rings. The van der Waals surface area contributed by atoms with Gasteiger partial charge in [-0.15, -0.1) is 0 Å². The van der Waals surface area contributed by atoms with Gasteiger partial charge in [-0.1, -0.05) is 12.1 Å². The minimum atomic E-state index is -0.0983. The van der Waals surface area contributed by atoms with Gasteiger partial charge >= 0.3 is 0 Å². The van der Waals surface area contributed by atoms with Crippen LogP contribution in [0.15, 0.2) is 24.3 Å². The molecule has 0 bridgehead atoms. The van der Waals surface area contributed by atoms with E-state index in [1.807, 2.05) is 31.2 Å². The Balaban J connectivity index is 1.62. The van der Waals surface area contributed by atoms with Crippen LogP contribution in [-0.2, 0) is 11.3 Å². The van der Waals surface area contributed by atoms with Crippen molar-refractivity contribution in [3.05, 3.63) is 47.0 Å². The Morgan fingerprint density at radius 1 is 1.43 bits per heavy atom. The van der Waals surface area contributed by atoms with Gasteiger partial charge in [0.1, 0.15) is 11.9 Å². The molecule has 1 saturated heterocycles. The first kappa shape index (κ1) is 15.6. The van der Waals surface area contributed by atoms with Gasteiger partial charge in [-0.25, -0.2) is 4.98 Å². The van der Waals surface area contributed by atoms with Crippen LogP contribution in [0.2, 0.25) is 0 Å². The van der Waals surface area contributed by atoms with E-state index in [1.165, 1.54) is 5.56 Å². The van der Waals surface area contributed by atoms with Crippen LogP contribution in [0.3, 0.4) is 0 Å². The fourth-order valence-corrected chi connectivity index (χ4v) is 2.67. The zero-order chi connectivity index (χ0) is 16.2. The Morgan fingerprint density at radius 3 is 2.87 bits per heavy atom. The highest BCUT2D eigenvalue weighted by Crippen LogP contribution is 2.20. The van der Waals surface area contributed by atoms with E-state index >= 15 is 0 Å². The first-order valence-corrected chi connectivity index (χ1v) is 7.69. The minimum Gasteiger partial charge on any atom is -0.367 e. The van der Waals surface area contributed by atoms with E-state index in [2.05, 4.69) is 25.4 Å². The number of aromatic amines is 1. The maximum Gasteiger partial charge on any atom is 0.251 e. The van der Waals surface area contributed by atoms with Gasteiger partial charge in [0, 0.05) is 32.2 Å². The van der Waals surface area contributed by atoms with Crippen molar-refractivity contribution >= 4 is 5.91 Å². The molecule has 1 amide bonds. The van der Waals surface area contributed by atoms with Crippen molar-refractivity contribution in [3.8, 4) is 0 Å². The third kappa shape index (κ3) is 3.75. The lowest BCUT2D eigenvalue weighted by Crippen LogP contribution is -2.38. The molecule has 1 aliphatic heterocycles. The summed E-state index contributed by atoms with van der Waals surface area (Å²) < 4.78 is 5.77. The molecule has 23 heavy (non-hydrogen) atoms. The number of rotatable bonds is 4. The summed E-state index contributed by atoms with van der Waals surface area (Å²) in [6, 6.07) is 7.69. The molecule has 0 saturated carbocycles. The molecule has 0 radical (unpaired) electrons. The summed E-state index contributed by atoms with van der Waals surface area (Å²) >= 11 is 0. The topological polar surface area (TPSA) is 83.1 Å². The summed E-state index contributed by atoms with van der Waals surface area (Å²) in [4.78, 5) is 18.2. The lowest BCUT2D eigenvalue weighted by Gasteiger charge is -2.31. The summed E-state index contributed by atoms with van der Waals surface area (Å²) in [5.74, 6) is 1.44. The van der Waals surface area contributed by atoms with Gasteiger partial charge in [-0.2, -0.15) is 5.10 Å². The first-order valence-electron chi connectivity index (χ1n) is 7.69. The van der Waals surface area contributed by atoms with Crippen LogP contribution in [0.1, 0.15) is 33.7 Å². The molecule has 0 spiro atoms. The Bertz CT molecular complexity index is 667. The van der Waals surface area contributed by atoms with Gasteiger partial charge in [0.05, 0.1) is 6.61 Å². The Morgan fingerprint density at radius 2 is 2.22 bits per heavy atom. The molecular weight excluding hydrogens is 294 g/mol. The van der Waals surface area contributed by atoms with E-state index < -0.39 is 0 Å². The number of nitrogens with one attached hydrogen (secondary N) is 2. The number of aromatic nitrogens is 3. The van der Waals surface area contributed by atoms with Crippen LogP contribution in [-0.4, -0.2) is 52.7 Å². The normalized spacial score (nSPS) is 18.8.